The van der Waals surface area contributed by atoms with Gasteiger partial charge in [0.15, 0.2) is 5.16 Å². The van der Waals surface area contributed by atoms with Crippen molar-refractivity contribution in [3.8, 4) is 0 Å². The molecule has 0 unspecified atom stereocenters. The van der Waals surface area contributed by atoms with E-state index in [0.717, 1.165) is 17.0 Å². The Morgan fingerprint density at radius 2 is 1.79 bits per heavy atom. The van der Waals surface area contributed by atoms with E-state index in [1.807, 2.05) is 20.8 Å². The molecule has 0 radical (unpaired) electrons. The summed E-state index contributed by atoms with van der Waals surface area (Å²) < 4.78 is 13.8. The molecule has 19 heavy (non-hydrogen) atoms. The first-order chi connectivity index (χ1) is 9.01. The molecule has 1 aromatic heterocycles. The van der Waals surface area contributed by atoms with E-state index in [9.17, 15) is 4.39 Å². The zero-order valence-corrected chi connectivity index (χ0v) is 11.9. The summed E-state index contributed by atoms with van der Waals surface area (Å²) >= 11 is 1.19. The molecule has 1 aromatic carbocycles. The monoisotopic (exact) mass is 278 g/mol. The Morgan fingerprint density at radius 3 is 2.32 bits per heavy atom. The lowest BCUT2D eigenvalue weighted by Crippen LogP contribution is -1.98. The standard InChI is InChI=1S/C14H15FN2OS/c1-8-9(2)16-14(17-10(8)3)19-13-5-4-11(7-18)6-12(13)15/h4-6,18H,7H2,1-3H3. The average molecular weight is 278 g/mol. The van der Waals surface area contributed by atoms with Crippen LogP contribution < -0.4 is 0 Å². The van der Waals surface area contributed by atoms with Crippen LogP contribution in [0.5, 0.6) is 0 Å². The number of aromatic nitrogens is 2. The molecule has 1 heterocycles. The van der Waals surface area contributed by atoms with E-state index in [-0.39, 0.29) is 12.4 Å². The van der Waals surface area contributed by atoms with Crippen LogP contribution in [0.3, 0.4) is 0 Å². The van der Waals surface area contributed by atoms with E-state index in [1.54, 1.807) is 12.1 Å². The van der Waals surface area contributed by atoms with E-state index < -0.39 is 0 Å². The van der Waals surface area contributed by atoms with Gasteiger partial charge in [-0.05, 0) is 55.8 Å². The number of halogens is 1. The molecule has 0 aliphatic heterocycles. The minimum atomic E-state index is -0.365. The van der Waals surface area contributed by atoms with Crippen molar-refractivity contribution in [3.63, 3.8) is 0 Å². The van der Waals surface area contributed by atoms with Crippen LogP contribution in [0, 0.1) is 26.6 Å². The number of aliphatic hydroxyl groups is 1. The van der Waals surface area contributed by atoms with Gasteiger partial charge in [-0.1, -0.05) is 6.07 Å². The molecule has 0 spiro atoms. The maximum atomic E-state index is 13.8. The molecule has 2 rings (SSSR count). The van der Waals surface area contributed by atoms with Crippen LogP contribution in [0.4, 0.5) is 4.39 Å². The molecule has 5 heteroatoms. The second kappa shape index (κ2) is 5.67. The highest BCUT2D eigenvalue weighted by atomic mass is 32.2. The number of benzene rings is 1. The summed E-state index contributed by atoms with van der Waals surface area (Å²) in [5.74, 6) is -0.365. The fraction of sp³-hybridized carbons (Fsp3) is 0.286. The van der Waals surface area contributed by atoms with Crippen LogP contribution in [-0.4, -0.2) is 15.1 Å². The third-order valence-electron chi connectivity index (χ3n) is 2.99. The van der Waals surface area contributed by atoms with Crippen molar-refractivity contribution in [2.24, 2.45) is 0 Å². The molecule has 0 aliphatic carbocycles. The normalized spacial score (nSPS) is 10.8. The first-order valence-corrected chi connectivity index (χ1v) is 6.72. The van der Waals surface area contributed by atoms with Crippen LogP contribution in [-0.2, 0) is 6.61 Å². The lowest BCUT2D eigenvalue weighted by molar-refractivity contribution is 0.281. The molecule has 0 aliphatic rings. The van der Waals surface area contributed by atoms with E-state index in [0.29, 0.717) is 15.6 Å². The maximum Gasteiger partial charge on any atom is 0.192 e. The fourth-order valence-electron chi connectivity index (χ4n) is 1.61. The topological polar surface area (TPSA) is 46.0 Å². The Morgan fingerprint density at radius 1 is 1.16 bits per heavy atom. The number of hydrogen-bond acceptors (Lipinski definition) is 4. The van der Waals surface area contributed by atoms with Gasteiger partial charge in [-0.2, -0.15) is 0 Å². The Hall–Kier alpha value is -1.46. The minimum absolute atomic E-state index is 0.166. The number of rotatable bonds is 3. The predicted molar refractivity (Wildman–Crippen MR) is 72.7 cm³/mol. The number of nitrogens with zero attached hydrogens (tertiary/aromatic N) is 2. The van der Waals surface area contributed by atoms with Crippen LogP contribution in [0.15, 0.2) is 28.3 Å². The zero-order valence-electron chi connectivity index (χ0n) is 11.1. The summed E-state index contributed by atoms with van der Waals surface area (Å²) in [5, 5.41) is 9.49. The van der Waals surface area contributed by atoms with E-state index in [1.165, 1.54) is 17.8 Å². The molecule has 0 saturated heterocycles. The molecule has 0 fully saturated rings. The van der Waals surface area contributed by atoms with Gasteiger partial charge in [0.05, 0.1) is 11.5 Å². The molecule has 2 aromatic rings. The lowest BCUT2D eigenvalue weighted by atomic mass is 10.2. The maximum absolute atomic E-state index is 13.8. The van der Waals surface area contributed by atoms with Crippen molar-refractivity contribution in [3.05, 3.63) is 46.5 Å². The summed E-state index contributed by atoms with van der Waals surface area (Å²) in [6.07, 6.45) is 0. The van der Waals surface area contributed by atoms with Gasteiger partial charge in [-0.15, -0.1) is 0 Å². The number of hydrogen-bond donors (Lipinski definition) is 1. The lowest BCUT2D eigenvalue weighted by Gasteiger charge is -2.07. The van der Waals surface area contributed by atoms with Gasteiger partial charge in [0.2, 0.25) is 0 Å². The van der Waals surface area contributed by atoms with Gasteiger partial charge in [0.1, 0.15) is 5.82 Å². The van der Waals surface area contributed by atoms with Crippen molar-refractivity contribution >= 4 is 11.8 Å². The Bertz CT molecular complexity index is 593. The Balaban J connectivity index is 2.31. The van der Waals surface area contributed by atoms with Crippen molar-refractivity contribution < 1.29 is 9.50 Å². The van der Waals surface area contributed by atoms with Gasteiger partial charge in [-0.25, -0.2) is 14.4 Å². The number of aliphatic hydroxyl groups excluding tert-OH is 1. The molecule has 3 nitrogen and oxygen atoms in total. The quantitative estimate of drug-likeness (QED) is 0.876. The summed E-state index contributed by atoms with van der Waals surface area (Å²) in [7, 11) is 0. The van der Waals surface area contributed by atoms with Crippen LogP contribution in [0.25, 0.3) is 0 Å². The zero-order chi connectivity index (χ0) is 14.0. The van der Waals surface area contributed by atoms with E-state index in [2.05, 4.69) is 9.97 Å². The van der Waals surface area contributed by atoms with Crippen LogP contribution in [0.1, 0.15) is 22.5 Å². The van der Waals surface area contributed by atoms with Gasteiger partial charge < -0.3 is 5.11 Å². The summed E-state index contributed by atoms with van der Waals surface area (Å²) in [6.45, 7) is 5.63. The first kappa shape index (κ1) is 14.0. The van der Waals surface area contributed by atoms with Crippen molar-refractivity contribution in [2.75, 3.05) is 0 Å². The van der Waals surface area contributed by atoms with Crippen LogP contribution in [0.2, 0.25) is 0 Å². The summed E-state index contributed by atoms with van der Waals surface area (Å²) in [6, 6.07) is 4.66. The molecule has 1 N–H and O–H groups in total. The van der Waals surface area contributed by atoms with Crippen molar-refractivity contribution in [1.82, 2.24) is 9.97 Å². The highest BCUT2D eigenvalue weighted by Gasteiger charge is 2.10. The van der Waals surface area contributed by atoms with Crippen molar-refractivity contribution in [2.45, 2.75) is 37.4 Å². The number of aryl methyl sites for hydroxylation is 2. The molecule has 0 amide bonds. The van der Waals surface area contributed by atoms with E-state index >= 15 is 0 Å². The predicted octanol–water partition coefficient (Wildman–Crippen LogP) is 3.18. The third kappa shape index (κ3) is 3.11. The van der Waals surface area contributed by atoms with Crippen molar-refractivity contribution in [1.29, 1.82) is 0 Å². The minimum Gasteiger partial charge on any atom is -0.392 e. The smallest absolute Gasteiger partial charge is 0.192 e. The Labute approximate surface area is 115 Å². The summed E-state index contributed by atoms with van der Waals surface area (Å²) in [5.41, 5.74) is 3.42. The van der Waals surface area contributed by atoms with Gasteiger partial charge in [0.25, 0.3) is 0 Å². The molecule has 0 saturated carbocycles. The molecule has 0 atom stereocenters. The summed E-state index contributed by atoms with van der Waals surface area (Å²) in [4.78, 5) is 9.15. The Kier molecular flexibility index (Phi) is 4.17. The first-order valence-electron chi connectivity index (χ1n) is 5.90. The fourth-order valence-corrected chi connectivity index (χ4v) is 2.47. The van der Waals surface area contributed by atoms with Crippen LogP contribution >= 0.6 is 11.8 Å². The molecular weight excluding hydrogens is 263 g/mol. The molecule has 0 bridgehead atoms. The highest BCUT2D eigenvalue weighted by Crippen LogP contribution is 2.28. The van der Waals surface area contributed by atoms with E-state index in [4.69, 9.17) is 5.11 Å². The SMILES string of the molecule is Cc1nc(Sc2ccc(CO)cc2F)nc(C)c1C. The average Bonchev–Trinajstić information content (AvgIpc) is 2.38. The molecule has 100 valence electrons. The largest absolute Gasteiger partial charge is 0.392 e. The van der Waals surface area contributed by atoms with Gasteiger partial charge >= 0.3 is 0 Å². The second-order valence-electron chi connectivity index (χ2n) is 4.33. The highest BCUT2D eigenvalue weighted by molar-refractivity contribution is 7.99. The van der Waals surface area contributed by atoms with Gasteiger partial charge in [-0.3, -0.25) is 0 Å². The van der Waals surface area contributed by atoms with Gasteiger partial charge in [0, 0.05) is 11.4 Å². The molecular formula is C14H15FN2OS. The third-order valence-corrected chi connectivity index (χ3v) is 3.91. The second-order valence-corrected chi connectivity index (χ2v) is 5.34.